The standard InChI is InChI=1S/C15H14N2O4S2/c16-10-5-11-17-23(20,21)15-9-4-8-14(12-15)22(18,19)13-6-2-1-3-7-13/h1-4,6-9,12,17H,5,11H2. The largest absolute Gasteiger partial charge is 0.240 e. The summed E-state index contributed by atoms with van der Waals surface area (Å²) in [6.07, 6.45) is 0.0290. The molecule has 0 unspecified atom stereocenters. The van der Waals surface area contributed by atoms with E-state index in [1.54, 1.807) is 18.2 Å². The molecule has 0 amide bonds. The smallest absolute Gasteiger partial charge is 0.219 e. The number of benzene rings is 2. The van der Waals surface area contributed by atoms with Gasteiger partial charge in [-0.05, 0) is 30.3 Å². The van der Waals surface area contributed by atoms with Crippen molar-refractivity contribution in [3.63, 3.8) is 0 Å². The number of nitrogens with zero attached hydrogens (tertiary/aromatic N) is 1. The van der Waals surface area contributed by atoms with E-state index < -0.39 is 19.9 Å². The molecule has 2 rings (SSSR count). The maximum Gasteiger partial charge on any atom is 0.240 e. The second kappa shape index (κ2) is 6.91. The summed E-state index contributed by atoms with van der Waals surface area (Å²) in [5.41, 5.74) is 0. The summed E-state index contributed by atoms with van der Waals surface area (Å²) < 4.78 is 51.5. The van der Waals surface area contributed by atoms with Crippen LogP contribution in [0.2, 0.25) is 0 Å². The first-order valence-corrected chi connectivity index (χ1v) is 9.61. The van der Waals surface area contributed by atoms with Gasteiger partial charge in [-0.25, -0.2) is 21.6 Å². The fourth-order valence-corrected chi connectivity index (χ4v) is 4.35. The summed E-state index contributed by atoms with van der Waals surface area (Å²) in [5, 5.41) is 8.45. The highest BCUT2D eigenvalue weighted by molar-refractivity contribution is 7.91. The Labute approximate surface area is 135 Å². The molecular formula is C15H14N2O4S2. The van der Waals surface area contributed by atoms with Crippen LogP contribution in [0.4, 0.5) is 0 Å². The van der Waals surface area contributed by atoms with Crippen molar-refractivity contribution in [3.05, 3.63) is 54.6 Å². The van der Waals surface area contributed by atoms with Gasteiger partial charge in [0.15, 0.2) is 0 Å². The summed E-state index contributed by atoms with van der Waals surface area (Å²) in [4.78, 5) is -0.175. The molecule has 0 radical (unpaired) electrons. The van der Waals surface area contributed by atoms with Crippen LogP contribution in [0.15, 0.2) is 69.3 Å². The van der Waals surface area contributed by atoms with Crippen LogP contribution in [-0.2, 0) is 19.9 Å². The van der Waals surface area contributed by atoms with E-state index in [0.29, 0.717) is 0 Å². The molecule has 0 aliphatic rings. The third kappa shape index (κ3) is 3.96. The molecule has 0 aromatic heterocycles. The van der Waals surface area contributed by atoms with E-state index in [2.05, 4.69) is 4.72 Å². The van der Waals surface area contributed by atoms with E-state index in [-0.39, 0.29) is 27.7 Å². The normalized spacial score (nSPS) is 11.8. The van der Waals surface area contributed by atoms with Crippen molar-refractivity contribution in [2.45, 2.75) is 21.1 Å². The zero-order chi connectivity index (χ0) is 16.9. The van der Waals surface area contributed by atoms with Crippen molar-refractivity contribution in [3.8, 4) is 6.07 Å². The van der Waals surface area contributed by atoms with Gasteiger partial charge in [-0.15, -0.1) is 0 Å². The molecule has 0 atom stereocenters. The van der Waals surface area contributed by atoms with Crippen molar-refractivity contribution in [1.82, 2.24) is 4.72 Å². The highest BCUT2D eigenvalue weighted by Crippen LogP contribution is 2.22. The van der Waals surface area contributed by atoms with Gasteiger partial charge in [0.1, 0.15) is 0 Å². The maximum absolute atomic E-state index is 12.5. The lowest BCUT2D eigenvalue weighted by molar-refractivity contribution is 0.582. The summed E-state index contributed by atoms with van der Waals surface area (Å²) in [6, 6.07) is 14.7. The molecule has 0 spiro atoms. The van der Waals surface area contributed by atoms with Crippen molar-refractivity contribution in [1.29, 1.82) is 5.26 Å². The minimum Gasteiger partial charge on any atom is -0.219 e. The lowest BCUT2D eigenvalue weighted by atomic mass is 10.4. The van der Waals surface area contributed by atoms with E-state index in [1.165, 1.54) is 30.3 Å². The van der Waals surface area contributed by atoms with Gasteiger partial charge in [-0.3, -0.25) is 0 Å². The molecule has 8 heteroatoms. The molecular weight excluding hydrogens is 336 g/mol. The van der Waals surface area contributed by atoms with Crippen LogP contribution in [0.3, 0.4) is 0 Å². The molecule has 0 bridgehead atoms. The average molecular weight is 350 g/mol. The number of hydrogen-bond acceptors (Lipinski definition) is 5. The summed E-state index contributed by atoms with van der Waals surface area (Å²) in [6.45, 7) is -0.0332. The van der Waals surface area contributed by atoms with Crippen LogP contribution in [0.1, 0.15) is 6.42 Å². The molecule has 0 aliphatic heterocycles. The van der Waals surface area contributed by atoms with Gasteiger partial charge in [-0.2, -0.15) is 5.26 Å². The fraction of sp³-hybridized carbons (Fsp3) is 0.133. The topological polar surface area (TPSA) is 104 Å². The van der Waals surface area contributed by atoms with Crippen LogP contribution >= 0.6 is 0 Å². The summed E-state index contributed by atoms with van der Waals surface area (Å²) in [5.74, 6) is 0. The first-order valence-electron chi connectivity index (χ1n) is 6.65. The van der Waals surface area contributed by atoms with Crippen molar-refractivity contribution in [2.24, 2.45) is 0 Å². The zero-order valence-corrected chi connectivity index (χ0v) is 13.6. The Kier molecular flexibility index (Phi) is 5.15. The minimum absolute atomic E-state index is 0.0290. The highest BCUT2D eigenvalue weighted by Gasteiger charge is 2.21. The number of sulfonamides is 1. The van der Waals surface area contributed by atoms with Gasteiger partial charge in [-0.1, -0.05) is 24.3 Å². The monoisotopic (exact) mass is 350 g/mol. The molecule has 1 N–H and O–H groups in total. The Morgan fingerprint density at radius 1 is 0.870 bits per heavy atom. The van der Waals surface area contributed by atoms with E-state index in [4.69, 9.17) is 5.26 Å². The molecule has 0 heterocycles. The molecule has 0 saturated heterocycles. The second-order valence-electron chi connectivity index (χ2n) is 4.60. The van der Waals surface area contributed by atoms with E-state index in [9.17, 15) is 16.8 Å². The molecule has 0 saturated carbocycles. The van der Waals surface area contributed by atoms with Crippen LogP contribution in [0.25, 0.3) is 0 Å². The number of hydrogen-bond donors (Lipinski definition) is 1. The van der Waals surface area contributed by atoms with Gasteiger partial charge >= 0.3 is 0 Å². The molecule has 0 aliphatic carbocycles. The number of nitrogens with one attached hydrogen (secondary N) is 1. The molecule has 0 fully saturated rings. The second-order valence-corrected chi connectivity index (χ2v) is 8.31. The van der Waals surface area contributed by atoms with Crippen molar-refractivity contribution < 1.29 is 16.8 Å². The molecule has 120 valence electrons. The summed E-state index contributed by atoms with van der Waals surface area (Å²) in [7, 11) is -7.65. The van der Waals surface area contributed by atoms with Gasteiger partial charge < -0.3 is 0 Å². The van der Waals surface area contributed by atoms with E-state index >= 15 is 0 Å². The maximum atomic E-state index is 12.5. The zero-order valence-electron chi connectivity index (χ0n) is 12.0. The van der Waals surface area contributed by atoms with Crippen LogP contribution < -0.4 is 4.72 Å². The summed E-state index contributed by atoms with van der Waals surface area (Å²) >= 11 is 0. The third-order valence-electron chi connectivity index (χ3n) is 3.01. The Morgan fingerprint density at radius 2 is 1.48 bits per heavy atom. The van der Waals surface area contributed by atoms with Gasteiger partial charge in [0.2, 0.25) is 19.9 Å². The van der Waals surface area contributed by atoms with Crippen molar-refractivity contribution in [2.75, 3.05) is 6.54 Å². The SMILES string of the molecule is N#CCCNS(=O)(=O)c1cccc(S(=O)(=O)c2ccccc2)c1. The number of sulfone groups is 1. The Morgan fingerprint density at radius 3 is 2.13 bits per heavy atom. The predicted molar refractivity (Wildman–Crippen MR) is 83.8 cm³/mol. The molecule has 2 aromatic carbocycles. The van der Waals surface area contributed by atoms with Gasteiger partial charge in [0, 0.05) is 13.0 Å². The molecule has 6 nitrogen and oxygen atoms in total. The van der Waals surface area contributed by atoms with Crippen LogP contribution in [-0.4, -0.2) is 23.4 Å². The number of nitriles is 1. The van der Waals surface area contributed by atoms with E-state index in [0.717, 1.165) is 6.07 Å². The number of rotatable bonds is 6. The quantitative estimate of drug-likeness (QED) is 0.799. The molecule has 2 aromatic rings. The van der Waals surface area contributed by atoms with Gasteiger partial charge in [0.25, 0.3) is 0 Å². The van der Waals surface area contributed by atoms with Crippen LogP contribution in [0, 0.1) is 11.3 Å². The molecule has 23 heavy (non-hydrogen) atoms. The average Bonchev–Trinajstić information content (AvgIpc) is 2.56. The fourth-order valence-electron chi connectivity index (χ4n) is 1.87. The van der Waals surface area contributed by atoms with Crippen molar-refractivity contribution >= 4 is 19.9 Å². The lowest BCUT2D eigenvalue weighted by Crippen LogP contribution is -2.24. The van der Waals surface area contributed by atoms with Gasteiger partial charge in [0.05, 0.1) is 20.8 Å². The Bertz CT molecular complexity index is 931. The van der Waals surface area contributed by atoms with E-state index in [1.807, 2.05) is 6.07 Å². The predicted octanol–water partition coefficient (Wildman–Crippen LogP) is 1.71. The third-order valence-corrected chi connectivity index (χ3v) is 6.23. The first-order chi connectivity index (χ1) is 10.9. The minimum atomic E-state index is -3.86. The lowest BCUT2D eigenvalue weighted by Gasteiger charge is -2.08. The Balaban J connectivity index is 2.40. The first kappa shape index (κ1) is 17.1. The Hall–Kier alpha value is -2.21. The van der Waals surface area contributed by atoms with Crippen LogP contribution in [0.5, 0.6) is 0 Å². The highest BCUT2D eigenvalue weighted by atomic mass is 32.2.